The molecule has 0 aliphatic rings. The highest BCUT2D eigenvalue weighted by Crippen LogP contribution is 2.21. The van der Waals surface area contributed by atoms with Crippen LogP contribution >= 0.6 is 0 Å². The largest absolute Gasteiger partial charge is 0.360 e. The van der Waals surface area contributed by atoms with Crippen molar-refractivity contribution in [2.45, 2.75) is 20.8 Å². The summed E-state index contributed by atoms with van der Waals surface area (Å²) in [7, 11) is 3.68. The van der Waals surface area contributed by atoms with Crippen molar-refractivity contribution in [3.63, 3.8) is 0 Å². The topological polar surface area (TPSA) is 63.3 Å². The lowest BCUT2D eigenvalue weighted by Gasteiger charge is -2.16. The Morgan fingerprint density at radius 2 is 2.10 bits per heavy atom. The van der Waals surface area contributed by atoms with E-state index in [1.165, 1.54) is 0 Å². The van der Waals surface area contributed by atoms with Gasteiger partial charge in [0.2, 0.25) is 0 Å². The van der Waals surface area contributed by atoms with E-state index in [4.69, 9.17) is 4.52 Å². The second-order valence-electron chi connectivity index (χ2n) is 5.25. The van der Waals surface area contributed by atoms with Crippen LogP contribution < -0.4 is 5.32 Å². The number of hydrogen-bond acceptors (Lipinski definition) is 4. The van der Waals surface area contributed by atoms with Gasteiger partial charge in [0, 0.05) is 37.6 Å². The summed E-state index contributed by atoms with van der Waals surface area (Å²) in [5.74, 6) is 1.47. The van der Waals surface area contributed by atoms with Gasteiger partial charge in [0.15, 0.2) is 5.82 Å². The summed E-state index contributed by atoms with van der Waals surface area (Å²) in [5, 5.41) is 7.07. The molecule has 0 aliphatic heterocycles. The van der Waals surface area contributed by atoms with Gasteiger partial charge >= 0.3 is 0 Å². The molecule has 2 rings (SSSR count). The minimum Gasteiger partial charge on any atom is -0.360 e. The van der Waals surface area contributed by atoms with Crippen molar-refractivity contribution in [1.82, 2.24) is 19.9 Å². The Balaban J connectivity index is 2.33. The molecule has 0 saturated carbocycles. The fourth-order valence-corrected chi connectivity index (χ4v) is 2.38. The molecule has 21 heavy (non-hydrogen) atoms. The molecule has 6 nitrogen and oxygen atoms in total. The van der Waals surface area contributed by atoms with Crippen LogP contribution in [-0.4, -0.2) is 47.7 Å². The molecule has 0 aromatic carbocycles. The molecule has 2 aromatic rings. The van der Waals surface area contributed by atoms with Crippen molar-refractivity contribution in [2.75, 3.05) is 27.2 Å². The van der Waals surface area contributed by atoms with Crippen LogP contribution in [0, 0.1) is 20.8 Å². The molecule has 114 valence electrons. The van der Waals surface area contributed by atoms with E-state index in [-0.39, 0.29) is 5.91 Å². The summed E-state index contributed by atoms with van der Waals surface area (Å²) in [6.07, 6.45) is 0. The Labute approximate surface area is 124 Å². The number of hydrogen-bond donors (Lipinski definition) is 1. The molecule has 1 N–H and O–H groups in total. The quantitative estimate of drug-likeness (QED) is 0.910. The maximum Gasteiger partial charge on any atom is 0.255 e. The average Bonchev–Trinajstić information content (AvgIpc) is 2.99. The lowest BCUT2D eigenvalue weighted by atomic mass is 10.2. The van der Waals surface area contributed by atoms with Crippen LogP contribution in [0.3, 0.4) is 0 Å². The van der Waals surface area contributed by atoms with Crippen LogP contribution in [0.4, 0.5) is 0 Å². The second-order valence-corrected chi connectivity index (χ2v) is 5.25. The third-order valence-corrected chi connectivity index (χ3v) is 3.55. The number of nitrogens with one attached hydrogen (secondary N) is 1. The number of nitrogens with zero attached hydrogens (tertiary/aromatic N) is 3. The zero-order valence-electron chi connectivity index (χ0n) is 13.2. The van der Waals surface area contributed by atoms with E-state index in [9.17, 15) is 4.79 Å². The highest BCUT2D eigenvalue weighted by Gasteiger charge is 2.20. The molecule has 6 heteroatoms. The van der Waals surface area contributed by atoms with Crippen LogP contribution in [0.2, 0.25) is 0 Å². The third-order valence-electron chi connectivity index (χ3n) is 3.55. The van der Waals surface area contributed by atoms with E-state index < -0.39 is 0 Å². The Kier molecular flexibility index (Phi) is 4.47. The standard InChI is InChI=1S/C15H22N4O2/c1-10-8-13(15(20)18(5)7-6-16-4)12(3)19(10)14-9-11(2)21-17-14/h8-9,16H,6-7H2,1-5H3. The first-order valence-corrected chi connectivity index (χ1v) is 6.98. The maximum absolute atomic E-state index is 12.5. The summed E-state index contributed by atoms with van der Waals surface area (Å²) >= 11 is 0. The molecule has 0 aliphatic carbocycles. The number of aromatic nitrogens is 2. The van der Waals surface area contributed by atoms with Crippen molar-refractivity contribution < 1.29 is 9.32 Å². The zero-order valence-corrected chi connectivity index (χ0v) is 13.2. The van der Waals surface area contributed by atoms with E-state index in [0.29, 0.717) is 17.9 Å². The van der Waals surface area contributed by atoms with Gasteiger partial charge in [0.25, 0.3) is 5.91 Å². The molecule has 0 fully saturated rings. The van der Waals surface area contributed by atoms with Gasteiger partial charge in [-0.3, -0.25) is 9.36 Å². The van der Waals surface area contributed by atoms with Gasteiger partial charge < -0.3 is 14.7 Å². The predicted molar refractivity (Wildman–Crippen MR) is 80.9 cm³/mol. The second kappa shape index (κ2) is 6.13. The molecule has 0 saturated heterocycles. The first-order chi connectivity index (χ1) is 9.95. The molecule has 2 aromatic heterocycles. The third kappa shape index (κ3) is 3.00. The van der Waals surface area contributed by atoms with Crippen molar-refractivity contribution in [3.8, 4) is 5.82 Å². The summed E-state index contributed by atoms with van der Waals surface area (Å²) in [4.78, 5) is 14.2. The number of carbonyl (C=O) groups excluding carboxylic acids is 1. The van der Waals surface area contributed by atoms with Crippen LogP contribution in [0.5, 0.6) is 0 Å². The van der Waals surface area contributed by atoms with Crippen LogP contribution in [0.15, 0.2) is 16.7 Å². The minimum atomic E-state index is 0.0183. The predicted octanol–water partition coefficient (Wildman–Crippen LogP) is 1.68. The Bertz CT molecular complexity index is 642. The summed E-state index contributed by atoms with van der Waals surface area (Å²) < 4.78 is 7.06. The average molecular weight is 290 g/mol. The van der Waals surface area contributed by atoms with E-state index in [0.717, 1.165) is 23.7 Å². The van der Waals surface area contributed by atoms with E-state index in [2.05, 4.69) is 10.5 Å². The van der Waals surface area contributed by atoms with Crippen molar-refractivity contribution in [1.29, 1.82) is 0 Å². The number of carbonyl (C=O) groups is 1. The summed E-state index contributed by atoms with van der Waals surface area (Å²) in [6.45, 7) is 7.17. The molecule has 1 amide bonds. The summed E-state index contributed by atoms with van der Waals surface area (Å²) in [5.41, 5.74) is 2.54. The van der Waals surface area contributed by atoms with Gasteiger partial charge in [-0.25, -0.2) is 0 Å². The van der Waals surface area contributed by atoms with Crippen LogP contribution in [0.1, 0.15) is 27.5 Å². The van der Waals surface area contributed by atoms with E-state index in [1.54, 1.807) is 4.90 Å². The first kappa shape index (κ1) is 15.3. The summed E-state index contributed by atoms with van der Waals surface area (Å²) in [6, 6.07) is 3.76. The molecular weight excluding hydrogens is 268 g/mol. The van der Waals surface area contributed by atoms with Gasteiger partial charge in [0.05, 0.1) is 5.56 Å². The van der Waals surface area contributed by atoms with E-state index in [1.807, 2.05) is 51.6 Å². The Hall–Kier alpha value is -2.08. The van der Waals surface area contributed by atoms with Gasteiger partial charge in [-0.15, -0.1) is 0 Å². The lowest BCUT2D eigenvalue weighted by molar-refractivity contribution is 0.0796. The maximum atomic E-state index is 12.5. The van der Waals surface area contributed by atoms with Gasteiger partial charge in [-0.1, -0.05) is 5.16 Å². The molecule has 0 unspecified atom stereocenters. The highest BCUT2D eigenvalue weighted by molar-refractivity contribution is 5.95. The number of likely N-dealkylation sites (N-methyl/N-ethyl adjacent to an activating group) is 2. The smallest absolute Gasteiger partial charge is 0.255 e. The Morgan fingerprint density at radius 3 is 2.67 bits per heavy atom. The minimum absolute atomic E-state index is 0.0183. The monoisotopic (exact) mass is 290 g/mol. The van der Waals surface area contributed by atoms with Gasteiger partial charge in [-0.2, -0.15) is 0 Å². The molecule has 0 radical (unpaired) electrons. The first-order valence-electron chi connectivity index (χ1n) is 6.98. The van der Waals surface area contributed by atoms with E-state index >= 15 is 0 Å². The zero-order chi connectivity index (χ0) is 15.6. The SMILES string of the molecule is CNCCN(C)C(=O)c1cc(C)n(-c2cc(C)on2)c1C. The normalized spacial score (nSPS) is 10.9. The molecule has 0 bridgehead atoms. The lowest BCUT2D eigenvalue weighted by Crippen LogP contribution is -2.33. The molecule has 0 spiro atoms. The van der Waals surface area contributed by atoms with Gasteiger partial charge in [-0.05, 0) is 33.9 Å². The molecule has 2 heterocycles. The fourth-order valence-electron chi connectivity index (χ4n) is 2.38. The molecule has 0 atom stereocenters. The van der Waals surface area contributed by atoms with Gasteiger partial charge in [0.1, 0.15) is 5.76 Å². The van der Waals surface area contributed by atoms with Crippen molar-refractivity contribution in [3.05, 3.63) is 34.8 Å². The number of aryl methyl sites for hydroxylation is 2. The van der Waals surface area contributed by atoms with Crippen LogP contribution in [0.25, 0.3) is 5.82 Å². The highest BCUT2D eigenvalue weighted by atomic mass is 16.5. The molecular formula is C15H22N4O2. The number of rotatable bonds is 5. The number of amides is 1. The van der Waals surface area contributed by atoms with Crippen LogP contribution in [-0.2, 0) is 0 Å². The fraction of sp³-hybridized carbons (Fsp3) is 0.467. The Morgan fingerprint density at radius 1 is 1.38 bits per heavy atom. The van der Waals surface area contributed by atoms with Crippen molar-refractivity contribution >= 4 is 5.91 Å². The van der Waals surface area contributed by atoms with Crippen molar-refractivity contribution in [2.24, 2.45) is 0 Å².